The standard InChI is InChI=1S/C13H21N3O2/c1-3-16-11(10(18-2)9-15-16)12(17)13(14)7-5-4-6-8-13/h9H,3-8,14H2,1-2H3. The summed E-state index contributed by atoms with van der Waals surface area (Å²) >= 11 is 0. The van der Waals surface area contributed by atoms with E-state index in [2.05, 4.69) is 5.10 Å². The van der Waals surface area contributed by atoms with E-state index in [1.165, 1.54) is 0 Å². The van der Waals surface area contributed by atoms with E-state index >= 15 is 0 Å². The molecule has 0 spiro atoms. The molecule has 0 saturated heterocycles. The third-order valence-corrected chi connectivity index (χ3v) is 3.74. The first-order valence-corrected chi connectivity index (χ1v) is 6.56. The summed E-state index contributed by atoms with van der Waals surface area (Å²) in [5.74, 6) is 0.496. The Labute approximate surface area is 107 Å². The molecule has 1 aliphatic rings. The summed E-state index contributed by atoms with van der Waals surface area (Å²) in [7, 11) is 1.55. The number of hydrogen-bond acceptors (Lipinski definition) is 4. The quantitative estimate of drug-likeness (QED) is 0.828. The highest BCUT2D eigenvalue weighted by atomic mass is 16.5. The maximum absolute atomic E-state index is 12.7. The fourth-order valence-electron chi connectivity index (χ4n) is 2.63. The second kappa shape index (κ2) is 5.10. The van der Waals surface area contributed by atoms with E-state index in [4.69, 9.17) is 10.5 Å². The Kier molecular flexibility index (Phi) is 3.71. The number of rotatable bonds is 4. The normalized spacial score (nSPS) is 18.6. The van der Waals surface area contributed by atoms with Gasteiger partial charge in [-0.25, -0.2) is 0 Å². The van der Waals surface area contributed by atoms with Crippen LogP contribution in [0, 0.1) is 0 Å². The van der Waals surface area contributed by atoms with Crippen LogP contribution in [0.15, 0.2) is 6.20 Å². The molecule has 1 aromatic heterocycles. The van der Waals surface area contributed by atoms with Crippen molar-refractivity contribution in [3.63, 3.8) is 0 Å². The van der Waals surface area contributed by atoms with E-state index in [1.54, 1.807) is 18.0 Å². The zero-order chi connectivity index (χ0) is 13.2. The average molecular weight is 251 g/mol. The van der Waals surface area contributed by atoms with Crippen LogP contribution in [0.5, 0.6) is 5.75 Å². The average Bonchev–Trinajstić information content (AvgIpc) is 2.81. The van der Waals surface area contributed by atoms with Gasteiger partial charge in [0.15, 0.2) is 5.75 Å². The molecule has 0 aromatic carbocycles. The number of Topliss-reactive ketones (excluding diaryl/α,β-unsaturated/α-hetero) is 1. The van der Waals surface area contributed by atoms with E-state index in [1.807, 2.05) is 6.92 Å². The molecule has 0 amide bonds. The monoisotopic (exact) mass is 251 g/mol. The van der Waals surface area contributed by atoms with Gasteiger partial charge in [-0.2, -0.15) is 5.10 Å². The van der Waals surface area contributed by atoms with Crippen molar-refractivity contribution < 1.29 is 9.53 Å². The van der Waals surface area contributed by atoms with Crippen LogP contribution in [-0.2, 0) is 6.54 Å². The van der Waals surface area contributed by atoms with Gasteiger partial charge >= 0.3 is 0 Å². The van der Waals surface area contributed by atoms with E-state index < -0.39 is 5.54 Å². The molecule has 0 bridgehead atoms. The van der Waals surface area contributed by atoms with Crippen LogP contribution in [0.3, 0.4) is 0 Å². The highest BCUT2D eigenvalue weighted by Crippen LogP contribution is 2.31. The van der Waals surface area contributed by atoms with Crippen molar-refractivity contribution in [2.45, 2.75) is 51.1 Å². The lowest BCUT2D eigenvalue weighted by atomic mass is 9.78. The van der Waals surface area contributed by atoms with Gasteiger partial charge in [0.25, 0.3) is 0 Å². The molecule has 5 nitrogen and oxygen atoms in total. The van der Waals surface area contributed by atoms with Gasteiger partial charge in [0.2, 0.25) is 5.78 Å². The number of aromatic nitrogens is 2. The first-order valence-electron chi connectivity index (χ1n) is 6.56. The number of carbonyl (C=O) groups excluding carboxylic acids is 1. The van der Waals surface area contributed by atoms with Gasteiger partial charge in [0.05, 0.1) is 18.8 Å². The fraction of sp³-hybridized carbons (Fsp3) is 0.692. The lowest BCUT2D eigenvalue weighted by Crippen LogP contribution is -2.50. The second-order valence-corrected chi connectivity index (χ2v) is 4.92. The highest BCUT2D eigenvalue weighted by Gasteiger charge is 2.39. The van der Waals surface area contributed by atoms with Gasteiger partial charge in [0.1, 0.15) is 5.69 Å². The molecule has 1 aliphatic carbocycles. The van der Waals surface area contributed by atoms with E-state index in [0.29, 0.717) is 18.0 Å². The SMILES string of the molecule is CCn1ncc(OC)c1C(=O)C1(N)CCCCC1. The molecule has 100 valence electrons. The number of carbonyl (C=O) groups is 1. The van der Waals surface area contributed by atoms with Crippen molar-refractivity contribution in [2.24, 2.45) is 5.73 Å². The van der Waals surface area contributed by atoms with E-state index in [-0.39, 0.29) is 5.78 Å². The predicted octanol–water partition coefficient (Wildman–Crippen LogP) is 1.76. The molecule has 1 saturated carbocycles. The Bertz CT molecular complexity index is 412. The van der Waals surface area contributed by atoms with Gasteiger partial charge in [-0.3, -0.25) is 9.48 Å². The largest absolute Gasteiger partial charge is 0.493 e. The smallest absolute Gasteiger partial charge is 0.204 e. The molecule has 0 aliphatic heterocycles. The molecule has 2 N–H and O–H groups in total. The Morgan fingerprint density at radius 1 is 1.50 bits per heavy atom. The third-order valence-electron chi connectivity index (χ3n) is 3.74. The summed E-state index contributed by atoms with van der Waals surface area (Å²) < 4.78 is 6.90. The number of ether oxygens (including phenoxy) is 1. The number of ketones is 1. The van der Waals surface area contributed by atoms with Crippen LogP contribution in [0.25, 0.3) is 0 Å². The minimum atomic E-state index is -0.738. The van der Waals surface area contributed by atoms with Crippen LogP contribution in [0.2, 0.25) is 0 Å². The van der Waals surface area contributed by atoms with Crippen molar-refractivity contribution in [3.8, 4) is 5.75 Å². The first-order chi connectivity index (χ1) is 8.62. The number of nitrogens with zero attached hydrogens (tertiary/aromatic N) is 2. The van der Waals surface area contributed by atoms with Crippen LogP contribution in [-0.4, -0.2) is 28.2 Å². The number of nitrogens with two attached hydrogens (primary N) is 1. The van der Waals surface area contributed by atoms with Gasteiger partial charge in [0, 0.05) is 6.54 Å². The van der Waals surface area contributed by atoms with Crippen molar-refractivity contribution in [3.05, 3.63) is 11.9 Å². The molecule has 0 atom stereocenters. The summed E-state index contributed by atoms with van der Waals surface area (Å²) in [5, 5.41) is 4.17. The fourth-order valence-corrected chi connectivity index (χ4v) is 2.63. The highest BCUT2D eigenvalue weighted by molar-refractivity contribution is 6.03. The zero-order valence-electron chi connectivity index (χ0n) is 11.1. The molecule has 0 radical (unpaired) electrons. The Balaban J connectivity index is 2.35. The predicted molar refractivity (Wildman–Crippen MR) is 68.8 cm³/mol. The molecule has 1 heterocycles. The zero-order valence-corrected chi connectivity index (χ0v) is 11.1. The number of aryl methyl sites for hydroxylation is 1. The number of hydrogen-bond donors (Lipinski definition) is 1. The molecule has 0 unspecified atom stereocenters. The molecule has 18 heavy (non-hydrogen) atoms. The Morgan fingerprint density at radius 3 is 2.72 bits per heavy atom. The Hall–Kier alpha value is -1.36. The van der Waals surface area contributed by atoms with Crippen LogP contribution in [0.1, 0.15) is 49.5 Å². The lowest BCUT2D eigenvalue weighted by molar-refractivity contribution is 0.0833. The first kappa shape index (κ1) is 13.1. The van der Waals surface area contributed by atoms with Crippen LogP contribution < -0.4 is 10.5 Å². The minimum absolute atomic E-state index is 0.0293. The maximum atomic E-state index is 12.7. The van der Waals surface area contributed by atoms with E-state index in [0.717, 1.165) is 32.1 Å². The Morgan fingerprint density at radius 2 is 2.17 bits per heavy atom. The van der Waals surface area contributed by atoms with Gasteiger partial charge in [-0.15, -0.1) is 0 Å². The molecular weight excluding hydrogens is 230 g/mol. The number of methoxy groups -OCH3 is 1. The lowest BCUT2D eigenvalue weighted by Gasteiger charge is -2.31. The molecule has 2 rings (SSSR count). The summed E-state index contributed by atoms with van der Waals surface area (Å²) in [5.41, 5.74) is 6.08. The van der Waals surface area contributed by atoms with Crippen molar-refractivity contribution >= 4 is 5.78 Å². The summed E-state index contributed by atoms with van der Waals surface area (Å²) in [6.07, 6.45) is 6.29. The van der Waals surface area contributed by atoms with Gasteiger partial charge < -0.3 is 10.5 Å². The molecule has 1 fully saturated rings. The molecule has 5 heteroatoms. The maximum Gasteiger partial charge on any atom is 0.204 e. The van der Waals surface area contributed by atoms with E-state index in [9.17, 15) is 4.79 Å². The molecular formula is C13H21N3O2. The topological polar surface area (TPSA) is 70.1 Å². The van der Waals surface area contributed by atoms with Crippen LogP contribution >= 0.6 is 0 Å². The van der Waals surface area contributed by atoms with Gasteiger partial charge in [-0.05, 0) is 19.8 Å². The third kappa shape index (κ3) is 2.14. The van der Waals surface area contributed by atoms with Crippen molar-refractivity contribution in [1.29, 1.82) is 0 Å². The summed E-state index contributed by atoms with van der Waals surface area (Å²) in [6.45, 7) is 2.59. The van der Waals surface area contributed by atoms with Gasteiger partial charge in [-0.1, -0.05) is 19.3 Å². The molecule has 1 aromatic rings. The second-order valence-electron chi connectivity index (χ2n) is 4.92. The van der Waals surface area contributed by atoms with Crippen LogP contribution in [0.4, 0.5) is 0 Å². The van der Waals surface area contributed by atoms with Crippen molar-refractivity contribution in [1.82, 2.24) is 9.78 Å². The summed E-state index contributed by atoms with van der Waals surface area (Å²) in [6, 6.07) is 0. The summed E-state index contributed by atoms with van der Waals surface area (Å²) in [4.78, 5) is 12.7. The van der Waals surface area contributed by atoms with Crippen molar-refractivity contribution in [2.75, 3.05) is 7.11 Å². The minimum Gasteiger partial charge on any atom is -0.493 e.